The SMILES string of the molecule is CC.Cn1cc(-c2ccc3ncc(-c4cccc(NC5CCNC5)n4)n3n2)cn1. The molecule has 0 saturated carbocycles. The maximum absolute atomic E-state index is 4.78. The van der Waals surface area contributed by atoms with Crippen LogP contribution in [0.3, 0.4) is 0 Å². The standard InChI is InChI=1S/C19H20N8.C2H6/c1-26-12-13(9-22-26)15-5-6-19-21-11-17(27(19)25-15)16-3-2-4-18(24-16)23-14-7-8-20-10-14;1-2/h2-6,9,11-12,14,20H,7-8,10H2,1H3,(H,23,24);1-2H3. The second-order valence-electron chi connectivity index (χ2n) is 6.78. The van der Waals surface area contributed by atoms with Crippen LogP contribution >= 0.6 is 0 Å². The van der Waals surface area contributed by atoms with Gasteiger partial charge in [-0.15, -0.1) is 0 Å². The van der Waals surface area contributed by atoms with Gasteiger partial charge in [-0.3, -0.25) is 4.68 Å². The number of fused-ring (bicyclic) bond motifs is 1. The zero-order chi connectivity index (χ0) is 20.2. The Labute approximate surface area is 170 Å². The Balaban J connectivity index is 0.000000994. The molecular weight excluding hydrogens is 364 g/mol. The molecule has 5 rings (SSSR count). The van der Waals surface area contributed by atoms with Gasteiger partial charge >= 0.3 is 0 Å². The molecule has 1 aliphatic rings. The van der Waals surface area contributed by atoms with Crippen molar-refractivity contribution in [1.29, 1.82) is 0 Å². The summed E-state index contributed by atoms with van der Waals surface area (Å²) in [4.78, 5) is 9.26. The summed E-state index contributed by atoms with van der Waals surface area (Å²) in [5.74, 6) is 0.875. The fraction of sp³-hybridized carbons (Fsp3) is 0.333. The lowest BCUT2D eigenvalue weighted by Crippen LogP contribution is -2.22. The van der Waals surface area contributed by atoms with Crippen LogP contribution in [0.5, 0.6) is 0 Å². The molecule has 2 N–H and O–H groups in total. The molecule has 0 bridgehead atoms. The highest BCUT2D eigenvalue weighted by atomic mass is 15.3. The van der Waals surface area contributed by atoms with Gasteiger partial charge in [-0.05, 0) is 37.2 Å². The average molecular weight is 390 g/mol. The molecule has 1 saturated heterocycles. The van der Waals surface area contributed by atoms with E-state index in [1.54, 1.807) is 4.68 Å². The highest BCUT2D eigenvalue weighted by Gasteiger charge is 2.15. The van der Waals surface area contributed by atoms with Crippen molar-refractivity contribution >= 4 is 11.5 Å². The third-order valence-corrected chi connectivity index (χ3v) is 4.79. The highest BCUT2D eigenvalue weighted by molar-refractivity contribution is 5.64. The van der Waals surface area contributed by atoms with Crippen LogP contribution in [0.4, 0.5) is 5.82 Å². The summed E-state index contributed by atoms with van der Waals surface area (Å²) < 4.78 is 3.61. The molecule has 4 aromatic heterocycles. The number of nitrogens with one attached hydrogen (secondary N) is 2. The molecule has 4 aromatic rings. The Bertz CT molecular complexity index is 1090. The lowest BCUT2D eigenvalue weighted by atomic mass is 10.2. The maximum atomic E-state index is 4.78. The number of imidazole rings is 1. The minimum atomic E-state index is 0.422. The predicted molar refractivity (Wildman–Crippen MR) is 115 cm³/mol. The van der Waals surface area contributed by atoms with Crippen LogP contribution in [0.15, 0.2) is 48.9 Å². The Morgan fingerprint density at radius 1 is 1.10 bits per heavy atom. The summed E-state index contributed by atoms with van der Waals surface area (Å²) in [6.45, 7) is 6.02. The van der Waals surface area contributed by atoms with Gasteiger partial charge in [-0.2, -0.15) is 10.2 Å². The molecular formula is C21H26N8. The highest BCUT2D eigenvalue weighted by Crippen LogP contribution is 2.23. The number of aromatic nitrogens is 6. The van der Waals surface area contributed by atoms with E-state index in [9.17, 15) is 0 Å². The quantitative estimate of drug-likeness (QED) is 0.557. The Hall–Kier alpha value is -3.26. The lowest BCUT2D eigenvalue weighted by molar-refractivity contribution is 0.768. The number of rotatable bonds is 4. The Morgan fingerprint density at radius 3 is 2.76 bits per heavy atom. The lowest BCUT2D eigenvalue weighted by Gasteiger charge is -2.12. The van der Waals surface area contributed by atoms with Gasteiger partial charge < -0.3 is 10.6 Å². The van der Waals surface area contributed by atoms with E-state index in [1.165, 1.54) is 0 Å². The Morgan fingerprint density at radius 2 is 2.00 bits per heavy atom. The van der Waals surface area contributed by atoms with Crippen molar-refractivity contribution in [3.8, 4) is 22.6 Å². The summed E-state index contributed by atoms with van der Waals surface area (Å²) in [7, 11) is 1.90. The summed E-state index contributed by atoms with van der Waals surface area (Å²) >= 11 is 0. The number of hydrogen-bond acceptors (Lipinski definition) is 6. The second-order valence-corrected chi connectivity index (χ2v) is 6.78. The van der Waals surface area contributed by atoms with Gasteiger partial charge in [-0.25, -0.2) is 14.5 Å². The van der Waals surface area contributed by atoms with Crippen molar-refractivity contribution < 1.29 is 0 Å². The fourth-order valence-electron chi connectivity index (χ4n) is 3.40. The molecule has 0 amide bonds. The zero-order valence-corrected chi connectivity index (χ0v) is 17.0. The summed E-state index contributed by atoms with van der Waals surface area (Å²) in [6.07, 6.45) is 6.68. The first kappa shape index (κ1) is 19.1. The second kappa shape index (κ2) is 8.40. The number of aryl methyl sites for hydroxylation is 1. The molecule has 5 heterocycles. The van der Waals surface area contributed by atoms with Crippen molar-refractivity contribution in [3.05, 3.63) is 48.9 Å². The molecule has 1 unspecified atom stereocenters. The first-order valence-electron chi connectivity index (χ1n) is 10.0. The van der Waals surface area contributed by atoms with Crippen LogP contribution in [0.25, 0.3) is 28.3 Å². The first-order valence-corrected chi connectivity index (χ1v) is 10.0. The molecule has 1 fully saturated rings. The Kier molecular flexibility index (Phi) is 5.53. The van der Waals surface area contributed by atoms with E-state index in [4.69, 9.17) is 10.1 Å². The van der Waals surface area contributed by atoms with E-state index in [1.807, 2.05) is 74.3 Å². The van der Waals surface area contributed by atoms with Crippen LogP contribution in [0.2, 0.25) is 0 Å². The van der Waals surface area contributed by atoms with E-state index >= 15 is 0 Å². The summed E-state index contributed by atoms with van der Waals surface area (Å²) in [5, 5.41) is 15.8. The van der Waals surface area contributed by atoms with Gasteiger partial charge in [-0.1, -0.05) is 19.9 Å². The monoisotopic (exact) mass is 390 g/mol. The van der Waals surface area contributed by atoms with Crippen molar-refractivity contribution in [2.24, 2.45) is 7.05 Å². The minimum absolute atomic E-state index is 0.422. The average Bonchev–Trinajstić information content (AvgIpc) is 3.50. The molecule has 0 aromatic carbocycles. The van der Waals surface area contributed by atoms with Gasteiger partial charge in [0.15, 0.2) is 5.65 Å². The van der Waals surface area contributed by atoms with Crippen molar-refractivity contribution in [2.75, 3.05) is 18.4 Å². The van der Waals surface area contributed by atoms with Crippen molar-refractivity contribution in [3.63, 3.8) is 0 Å². The normalized spacial score (nSPS) is 15.9. The minimum Gasteiger partial charge on any atom is -0.366 e. The molecule has 150 valence electrons. The molecule has 0 spiro atoms. The maximum Gasteiger partial charge on any atom is 0.154 e. The number of anilines is 1. The third-order valence-electron chi connectivity index (χ3n) is 4.79. The summed E-state index contributed by atoms with van der Waals surface area (Å²) in [5.41, 5.74) is 4.31. The molecule has 8 nitrogen and oxygen atoms in total. The third kappa shape index (κ3) is 3.97. The molecule has 29 heavy (non-hydrogen) atoms. The molecule has 0 aliphatic carbocycles. The van der Waals surface area contributed by atoms with E-state index in [0.29, 0.717) is 6.04 Å². The van der Waals surface area contributed by atoms with Crippen LogP contribution < -0.4 is 10.6 Å². The number of hydrogen-bond donors (Lipinski definition) is 2. The van der Waals surface area contributed by atoms with E-state index < -0.39 is 0 Å². The summed E-state index contributed by atoms with van der Waals surface area (Å²) in [6, 6.07) is 10.3. The van der Waals surface area contributed by atoms with E-state index in [0.717, 1.165) is 53.6 Å². The van der Waals surface area contributed by atoms with Gasteiger partial charge in [0.2, 0.25) is 0 Å². The first-order chi connectivity index (χ1) is 14.3. The van der Waals surface area contributed by atoms with Crippen molar-refractivity contribution in [2.45, 2.75) is 26.3 Å². The smallest absolute Gasteiger partial charge is 0.154 e. The van der Waals surface area contributed by atoms with E-state index in [2.05, 4.69) is 20.7 Å². The molecule has 0 radical (unpaired) electrons. The van der Waals surface area contributed by atoms with Crippen LogP contribution in [-0.2, 0) is 7.05 Å². The van der Waals surface area contributed by atoms with Gasteiger partial charge in [0.05, 0.1) is 23.8 Å². The van der Waals surface area contributed by atoms with Crippen LogP contribution in [0.1, 0.15) is 20.3 Å². The van der Waals surface area contributed by atoms with Crippen molar-refractivity contribution in [1.82, 2.24) is 34.7 Å². The predicted octanol–water partition coefficient (Wildman–Crippen LogP) is 2.99. The van der Waals surface area contributed by atoms with Crippen LogP contribution in [0, 0.1) is 0 Å². The molecule has 1 aliphatic heterocycles. The zero-order valence-electron chi connectivity index (χ0n) is 17.0. The van der Waals surface area contributed by atoms with Gasteiger partial charge in [0, 0.05) is 31.4 Å². The number of nitrogens with zero attached hydrogens (tertiary/aromatic N) is 6. The van der Waals surface area contributed by atoms with Crippen LogP contribution in [-0.4, -0.2) is 48.5 Å². The van der Waals surface area contributed by atoms with Gasteiger partial charge in [0.25, 0.3) is 0 Å². The fourth-order valence-corrected chi connectivity index (χ4v) is 3.40. The van der Waals surface area contributed by atoms with Gasteiger partial charge in [0.1, 0.15) is 11.5 Å². The molecule has 1 atom stereocenters. The van der Waals surface area contributed by atoms with E-state index in [-0.39, 0.29) is 0 Å². The topological polar surface area (TPSA) is 85.0 Å². The largest absolute Gasteiger partial charge is 0.366 e. The number of pyridine rings is 1. The molecule has 8 heteroatoms.